The van der Waals surface area contributed by atoms with Crippen LogP contribution in [0.25, 0.3) is 0 Å². The first-order chi connectivity index (χ1) is 15.7. The van der Waals surface area contributed by atoms with Gasteiger partial charge in [0.15, 0.2) is 6.04 Å². The molecule has 0 spiro atoms. The minimum absolute atomic E-state index is 0.106. The number of benzene rings is 1. The van der Waals surface area contributed by atoms with Crippen LogP contribution in [0.2, 0.25) is 0 Å². The molecule has 2 N–H and O–H groups in total. The van der Waals surface area contributed by atoms with Crippen LogP contribution in [0.3, 0.4) is 0 Å². The van der Waals surface area contributed by atoms with E-state index < -0.39 is 24.1 Å². The van der Waals surface area contributed by atoms with Gasteiger partial charge in [-0.2, -0.15) is 0 Å². The van der Waals surface area contributed by atoms with Crippen molar-refractivity contribution < 1.29 is 19.5 Å². The van der Waals surface area contributed by atoms with Crippen molar-refractivity contribution in [3.8, 4) is 0 Å². The summed E-state index contributed by atoms with van der Waals surface area (Å²) in [5.41, 5.74) is 4.11. The molecule has 4 rings (SSSR count). The summed E-state index contributed by atoms with van der Waals surface area (Å²) in [5, 5.41) is 13.3. The number of nitrogens with one attached hydrogen (secondary N) is 1. The molecule has 0 bridgehead atoms. The number of carbonyl (C=O) groups excluding carboxylic acids is 2. The summed E-state index contributed by atoms with van der Waals surface area (Å²) in [5.74, 6) is -2.07. The predicted octanol–water partition coefficient (Wildman–Crippen LogP) is 2.98. The van der Waals surface area contributed by atoms with Crippen molar-refractivity contribution in [2.24, 2.45) is 11.8 Å². The number of aliphatic carboxylic acids is 1. The molecule has 7 nitrogen and oxygen atoms in total. The number of nitrogens with zero attached hydrogens (tertiary/aromatic N) is 2. The van der Waals surface area contributed by atoms with Crippen LogP contribution in [-0.4, -0.2) is 44.9 Å². The van der Waals surface area contributed by atoms with Crippen LogP contribution < -0.4 is 5.32 Å². The van der Waals surface area contributed by atoms with Gasteiger partial charge in [0.1, 0.15) is 12.1 Å². The Balaban J connectivity index is 1.76. The molecule has 1 aromatic carbocycles. The molecule has 0 saturated carbocycles. The number of hydrogen-bond donors (Lipinski definition) is 2. The Morgan fingerprint density at radius 1 is 1.15 bits per heavy atom. The summed E-state index contributed by atoms with van der Waals surface area (Å²) in [6.07, 6.45) is 1.99. The van der Waals surface area contributed by atoms with E-state index >= 15 is 0 Å². The Labute approximate surface area is 194 Å². The average Bonchev–Trinajstić information content (AvgIpc) is 3.20. The third-order valence-electron chi connectivity index (χ3n) is 7.20. The van der Waals surface area contributed by atoms with Crippen molar-refractivity contribution in [3.63, 3.8) is 0 Å². The molecule has 4 atom stereocenters. The van der Waals surface area contributed by atoms with Crippen LogP contribution in [-0.2, 0) is 27.2 Å². The highest BCUT2D eigenvalue weighted by atomic mass is 16.4. The minimum atomic E-state index is -1.28. The monoisotopic (exact) mass is 449 g/mol. The zero-order valence-electron chi connectivity index (χ0n) is 19.5. The number of carboxylic acid groups (broad SMARTS) is 1. The summed E-state index contributed by atoms with van der Waals surface area (Å²) in [4.78, 5) is 45.7. The fourth-order valence-electron chi connectivity index (χ4n) is 5.30. The minimum Gasteiger partial charge on any atom is -0.479 e. The Hall–Kier alpha value is -3.22. The van der Waals surface area contributed by atoms with Crippen LogP contribution in [0.4, 0.5) is 0 Å². The van der Waals surface area contributed by atoms with E-state index in [1.807, 2.05) is 45.0 Å². The Bertz CT molecular complexity index is 1070. The van der Waals surface area contributed by atoms with Gasteiger partial charge >= 0.3 is 5.97 Å². The number of piperazine rings is 1. The van der Waals surface area contributed by atoms with Crippen molar-refractivity contribution in [2.75, 3.05) is 0 Å². The molecule has 2 amide bonds. The van der Waals surface area contributed by atoms with E-state index in [2.05, 4.69) is 10.3 Å². The number of rotatable bonds is 6. The lowest BCUT2D eigenvalue weighted by atomic mass is 9.86. The molecule has 1 fully saturated rings. The van der Waals surface area contributed by atoms with E-state index in [0.29, 0.717) is 30.5 Å². The molecule has 174 valence electrons. The number of aryl methyl sites for hydroxylation is 2. The van der Waals surface area contributed by atoms with Crippen molar-refractivity contribution in [1.29, 1.82) is 0 Å². The molecule has 2 aromatic rings. The van der Waals surface area contributed by atoms with Gasteiger partial charge in [0.25, 0.3) is 0 Å². The van der Waals surface area contributed by atoms with Crippen LogP contribution in [0.15, 0.2) is 36.4 Å². The molecule has 2 heterocycles. The van der Waals surface area contributed by atoms with Crippen molar-refractivity contribution in [3.05, 3.63) is 64.5 Å². The van der Waals surface area contributed by atoms with E-state index in [1.54, 1.807) is 19.1 Å². The van der Waals surface area contributed by atoms with Gasteiger partial charge in [-0.15, -0.1) is 0 Å². The topological polar surface area (TPSA) is 99.6 Å². The van der Waals surface area contributed by atoms with Crippen LogP contribution in [0.5, 0.6) is 0 Å². The van der Waals surface area contributed by atoms with Crippen LogP contribution in [0.1, 0.15) is 54.4 Å². The third kappa shape index (κ3) is 4.12. The molecule has 1 aliphatic heterocycles. The second-order valence-electron chi connectivity index (χ2n) is 9.37. The van der Waals surface area contributed by atoms with Crippen molar-refractivity contribution in [1.82, 2.24) is 15.2 Å². The zero-order chi connectivity index (χ0) is 23.9. The lowest BCUT2D eigenvalue weighted by Crippen LogP contribution is -2.68. The van der Waals surface area contributed by atoms with Crippen LogP contribution >= 0.6 is 0 Å². The van der Waals surface area contributed by atoms with Gasteiger partial charge < -0.3 is 15.3 Å². The first-order valence-electron chi connectivity index (χ1n) is 11.6. The van der Waals surface area contributed by atoms with Gasteiger partial charge in [0.2, 0.25) is 11.8 Å². The molecule has 1 saturated heterocycles. The average molecular weight is 450 g/mol. The normalized spacial score (nSPS) is 22.6. The maximum Gasteiger partial charge on any atom is 0.331 e. The number of hydrogen-bond acceptors (Lipinski definition) is 4. The zero-order valence-corrected chi connectivity index (χ0v) is 19.5. The van der Waals surface area contributed by atoms with Crippen molar-refractivity contribution >= 4 is 17.8 Å². The fraction of sp³-hybridized carbons (Fsp3) is 0.462. The Morgan fingerprint density at radius 3 is 2.33 bits per heavy atom. The second-order valence-corrected chi connectivity index (χ2v) is 9.37. The van der Waals surface area contributed by atoms with Gasteiger partial charge in [0, 0.05) is 17.0 Å². The molecule has 1 unspecified atom stereocenters. The highest BCUT2D eigenvalue weighted by Gasteiger charge is 2.51. The number of pyridine rings is 1. The van der Waals surface area contributed by atoms with E-state index in [0.717, 1.165) is 5.69 Å². The number of carboxylic acids is 1. The summed E-state index contributed by atoms with van der Waals surface area (Å²) >= 11 is 0. The Kier molecular flexibility index (Phi) is 6.23. The summed E-state index contributed by atoms with van der Waals surface area (Å²) in [6, 6.07) is 8.61. The van der Waals surface area contributed by atoms with Gasteiger partial charge in [0.05, 0.1) is 0 Å². The molecule has 0 radical (unpaired) electrons. The predicted molar refractivity (Wildman–Crippen MR) is 123 cm³/mol. The molecule has 2 aliphatic rings. The number of amides is 2. The maximum atomic E-state index is 14.0. The lowest BCUT2D eigenvalue weighted by Gasteiger charge is -2.45. The molecular weight excluding hydrogens is 418 g/mol. The quantitative estimate of drug-likeness (QED) is 0.706. The third-order valence-corrected chi connectivity index (χ3v) is 7.20. The van der Waals surface area contributed by atoms with Gasteiger partial charge in [-0.3, -0.25) is 14.6 Å². The number of carbonyl (C=O) groups is 3. The first kappa shape index (κ1) is 23.0. The smallest absolute Gasteiger partial charge is 0.331 e. The molecule has 7 heteroatoms. The number of fused-ring (bicyclic) bond motifs is 1. The van der Waals surface area contributed by atoms with E-state index in [-0.39, 0.29) is 23.7 Å². The highest BCUT2D eigenvalue weighted by molar-refractivity contribution is 5.99. The summed E-state index contributed by atoms with van der Waals surface area (Å²) < 4.78 is 0. The molecule has 1 aliphatic carbocycles. The van der Waals surface area contributed by atoms with Crippen molar-refractivity contribution in [2.45, 2.75) is 65.1 Å². The van der Waals surface area contributed by atoms with E-state index in [4.69, 9.17) is 0 Å². The van der Waals surface area contributed by atoms with Gasteiger partial charge in [-0.25, -0.2) is 4.79 Å². The number of aromatic nitrogens is 1. The standard InChI is InChI=1S/C26H31N3O4/c1-5-14(2)22-24(30)28-21(19-12-17-8-6-7-9-18(17)13-19)25(31)29(22)23(26(32)33)20-11-10-15(3)27-16(20)4/h6-11,14,19,21-23H,5,12-13H2,1-4H3,(H,28,30)(H,32,33)/t14-,21+,22+,23?/m0/s1. The fourth-order valence-corrected chi connectivity index (χ4v) is 5.30. The summed E-state index contributed by atoms with van der Waals surface area (Å²) in [7, 11) is 0. The SMILES string of the molecule is CC[C@H](C)[C@@H]1C(=O)N[C@H](C2Cc3ccccc3C2)C(=O)N1C(C(=O)O)c1ccc(C)nc1C. The van der Waals surface area contributed by atoms with Crippen LogP contribution in [0, 0.1) is 25.7 Å². The summed E-state index contributed by atoms with van der Waals surface area (Å²) in [6.45, 7) is 7.40. The first-order valence-corrected chi connectivity index (χ1v) is 11.6. The Morgan fingerprint density at radius 2 is 1.79 bits per heavy atom. The van der Waals surface area contributed by atoms with E-state index in [9.17, 15) is 19.5 Å². The lowest BCUT2D eigenvalue weighted by molar-refractivity contribution is -0.164. The highest BCUT2D eigenvalue weighted by Crippen LogP contribution is 2.36. The second kappa shape index (κ2) is 8.96. The molecular formula is C26H31N3O4. The van der Waals surface area contributed by atoms with Gasteiger partial charge in [-0.05, 0) is 55.7 Å². The van der Waals surface area contributed by atoms with E-state index in [1.165, 1.54) is 16.0 Å². The maximum absolute atomic E-state index is 14.0. The largest absolute Gasteiger partial charge is 0.479 e. The van der Waals surface area contributed by atoms with Gasteiger partial charge in [-0.1, -0.05) is 50.6 Å². The molecule has 33 heavy (non-hydrogen) atoms. The molecule has 1 aromatic heterocycles.